The number of rotatable bonds is 9. The largest absolute Gasteiger partial charge is 0.488 e. The first kappa shape index (κ1) is 21.8. The number of benzene rings is 3. The average molecular weight is 415 g/mol. The molecule has 158 valence electrons. The van der Waals surface area contributed by atoms with Crippen molar-refractivity contribution in [2.75, 3.05) is 0 Å². The van der Waals surface area contributed by atoms with E-state index in [1.807, 2.05) is 85.8 Å². The Balaban J connectivity index is 1.63. The van der Waals surface area contributed by atoms with Crippen LogP contribution in [0.25, 0.3) is 6.08 Å². The molecule has 1 amide bonds. The Morgan fingerprint density at radius 2 is 1.61 bits per heavy atom. The van der Waals surface area contributed by atoms with Gasteiger partial charge in [0.2, 0.25) is 5.91 Å². The molecule has 0 fully saturated rings. The van der Waals surface area contributed by atoms with E-state index >= 15 is 0 Å². The maximum atomic E-state index is 12.3. The van der Waals surface area contributed by atoms with Crippen LogP contribution in [0.3, 0.4) is 0 Å². The predicted molar refractivity (Wildman–Crippen MR) is 121 cm³/mol. The van der Waals surface area contributed by atoms with E-state index in [0.29, 0.717) is 12.4 Å². The minimum absolute atomic E-state index is 0.214. The van der Waals surface area contributed by atoms with Gasteiger partial charge in [-0.25, -0.2) is 4.79 Å². The molecule has 0 bridgehead atoms. The maximum absolute atomic E-state index is 12.3. The number of carbonyl (C=O) groups excluding carboxylic acids is 1. The zero-order chi connectivity index (χ0) is 22.1. The highest BCUT2D eigenvalue weighted by atomic mass is 16.5. The highest BCUT2D eigenvalue weighted by molar-refractivity contribution is 5.94. The summed E-state index contributed by atoms with van der Waals surface area (Å²) in [6.45, 7) is 2.44. The summed E-state index contributed by atoms with van der Waals surface area (Å²) in [6.07, 6.45) is 3.17. The topological polar surface area (TPSA) is 75.6 Å². The first-order valence-corrected chi connectivity index (χ1v) is 10.0. The van der Waals surface area contributed by atoms with Crippen LogP contribution in [-0.4, -0.2) is 23.0 Å². The number of nitrogens with one attached hydrogen (secondary N) is 1. The van der Waals surface area contributed by atoms with Crippen LogP contribution in [0.2, 0.25) is 0 Å². The van der Waals surface area contributed by atoms with Gasteiger partial charge in [-0.15, -0.1) is 0 Å². The second kappa shape index (κ2) is 10.8. The van der Waals surface area contributed by atoms with Crippen molar-refractivity contribution in [2.24, 2.45) is 0 Å². The molecule has 5 nitrogen and oxygen atoms in total. The van der Waals surface area contributed by atoms with Gasteiger partial charge in [0.1, 0.15) is 18.4 Å². The summed E-state index contributed by atoms with van der Waals surface area (Å²) in [5, 5.41) is 12.0. The zero-order valence-electron chi connectivity index (χ0n) is 17.3. The van der Waals surface area contributed by atoms with E-state index in [2.05, 4.69) is 5.32 Å². The minimum Gasteiger partial charge on any atom is -0.488 e. The van der Waals surface area contributed by atoms with Crippen molar-refractivity contribution >= 4 is 18.0 Å². The SMILES string of the molecule is Cc1ccc(COc2ccccc2/C=C/C(=O)NC(Cc2ccccc2)C(=O)O)cc1. The van der Waals surface area contributed by atoms with Crippen molar-refractivity contribution in [2.45, 2.75) is 26.0 Å². The lowest BCUT2D eigenvalue weighted by Gasteiger charge is -2.13. The zero-order valence-corrected chi connectivity index (χ0v) is 17.3. The van der Waals surface area contributed by atoms with Crippen molar-refractivity contribution < 1.29 is 19.4 Å². The van der Waals surface area contributed by atoms with E-state index in [4.69, 9.17) is 4.74 Å². The van der Waals surface area contributed by atoms with Gasteiger partial charge in [0.15, 0.2) is 0 Å². The molecule has 0 aliphatic heterocycles. The lowest BCUT2D eigenvalue weighted by atomic mass is 10.1. The van der Waals surface area contributed by atoms with Crippen molar-refractivity contribution in [1.82, 2.24) is 5.32 Å². The van der Waals surface area contributed by atoms with Gasteiger partial charge in [0, 0.05) is 18.1 Å². The summed E-state index contributed by atoms with van der Waals surface area (Å²) in [5.74, 6) is -0.907. The monoisotopic (exact) mass is 415 g/mol. The predicted octanol–water partition coefficient (Wildman–Crippen LogP) is 4.40. The Bertz CT molecular complexity index is 1040. The number of carbonyl (C=O) groups is 2. The first-order valence-electron chi connectivity index (χ1n) is 10.0. The Labute approximate surface area is 182 Å². The van der Waals surface area contributed by atoms with Gasteiger partial charge >= 0.3 is 5.97 Å². The van der Waals surface area contributed by atoms with Gasteiger partial charge in [-0.2, -0.15) is 0 Å². The number of aliphatic carboxylic acids is 1. The molecule has 5 heteroatoms. The van der Waals surface area contributed by atoms with Crippen molar-refractivity contribution in [3.8, 4) is 5.75 Å². The maximum Gasteiger partial charge on any atom is 0.326 e. The van der Waals surface area contributed by atoms with E-state index in [9.17, 15) is 14.7 Å². The van der Waals surface area contributed by atoms with Crippen LogP contribution in [0.4, 0.5) is 0 Å². The van der Waals surface area contributed by atoms with E-state index in [1.165, 1.54) is 11.6 Å². The van der Waals surface area contributed by atoms with Gasteiger partial charge in [-0.3, -0.25) is 4.79 Å². The lowest BCUT2D eigenvalue weighted by Crippen LogP contribution is -2.41. The summed E-state index contributed by atoms with van der Waals surface area (Å²) in [4.78, 5) is 23.9. The molecule has 1 unspecified atom stereocenters. The molecule has 3 aromatic carbocycles. The van der Waals surface area contributed by atoms with Gasteiger partial charge in [-0.1, -0.05) is 78.4 Å². The van der Waals surface area contributed by atoms with Crippen LogP contribution in [0.15, 0.2) is 84.9 Å². The fraction of sp³-hybridized carbons (Fsp3) is 0.154. The van der Waals surface area contributed by atoms with Crippen molar-refractivity contribution in [3.05, 3.63) is 107 Å². The number of carboxylic acids is 1. The summed E-state index contributed by atoms with van der Waals surface area (Å²) < 4.78 is 5.92. The molecule has 0 heterocycles. The third-order valence-corrected chi connectivity index (χ3v) is 4.75. The molecule has 2 N–H and O–H groups in total. The molecule has 3 rings (SSSR count). The molecule has 0 radical (unpaired) electrons. The number of amides is 1. The van der Waals surface area contributed by atoms with Gasteiger partial charge in [-0.05, 0) is 30.2 Å². The van der Waals surface area contributed by atoms with Crippen molar-refractivity contribution in [3.63, 3.8) is 0 Å². The molecule has 3 aromatic rings. The number of para-hydroxylation sites is 1. The molecule has 0 aliphatic rings. The molecule has 1 atom stereocenters. The summed E-state index contributed by atoms with van der Waals surface area (Å²) in [7, 11) is 0. The quantitative estimate of drug-likeness (QED) is 0.508. The molecular formula is C26H25NO4. The first-order chi connectivity index (χ1) is 15.0. The third kappa shape index (κ3) is 6.85. The molecule has 0 spiro atoms. The molecule has 0 saturated heterocycles. The summed E-state index contributed by atoms with van der Waals surface area (Å²) >= 11 is 0. The van der Waals surface area contributed by atoms with Crippen LogP contribution >= 0.6 is 0 Å². The van der Waals surface area contributed by atoms with E-state index in [0.717, 1.165) is 16.7 Å². The lowest BCUT2D eigenvalue weighted by molar-refractivity contribution is -0.141. The van der Waals surface area contributed by atoms with Crippen LogP contribution in [0.1, 0.15) is 22.3 Å². The standard InChI is InChI=1S/C26H25NO4/c1-19-11-13-21(14-12-19)18-31-24-10-6-5-9-22(24)15-16-25(28)27-23(26(29)30)17-20-7-3-2-4-8-20/h2-16,23H,17-18H2,1H3,(H,27,28)(H,29,30)/b16-15+. The highest BCUT2D eigenvalue weighted by Crippen LogP contribution is 2.21. The van der Waals surface area contributed by atoms with E-state index in [1.54, 1.807) is 6.08 Å². The summed E-state index contributed by atoms with van der Waals surface area (Å²) in [5.41, 5.74) is 3.81. The number of hydrogen-bond donors (Lipinski definition) is 2. The number of hydrogen-bond acceptors (Lipinski definition) is 3. The highest BCUT2D eigenvalue weighted by Gasteiger charge is 2.19. The fourth-order valence-corrected chi connectivity index (χ4v) is 3.03. The Morgan fingerprint density at radius 1 is 0.935 bits per heavy atom. The van der Waals surface area contributed by atoms with Gasteiger partial charge in [0.05, 0.1) is 0 Å². The third-order valence-electron chi connectivity index (χ3n) is 4.75. The Hall–Kier alpha value is -3.86. The number of aryl methyl sites for hydroxylation is 1. The average Bonchev–Trinajstić information content (AvgIpc) is 2.78. The van der Waals surface area contributed by atoms with Crippen LogP contribution in [-0.2, 0) is 22.6 Å². The fourth-order valence-electron chi connectivity index (χ4n) is 3.03. The van der Waals surface area contributed by atoms with Crippen LogP contribution < -0.4 is 10.1 Å². The minimum atomic E-state index is -1.08. The van der Waals surface area contributed by atoms with Gasteiger partial charge in [0.25, 0.3) is 0 Å². The molecule has 31 heavy (non-hydrogen) atoms. The smallest absolute Gasteiger partial charge is 0.326 e. The van der Waals surface area contributed by atoms with Crippen LogP contribution in [0, 0.1) is 6.92 Å². The van der Waals surface area contributed by atoms with Crippen molar-refractivity contribution in [1.29, 1.82) is 0 Å². The Morgan fingerprint density at radius 3 is 2.32 bits per heavy atom. The summed E-state index contributed by atoms with van der Waals surface area (Å²) in [6, 6.07) is 23.7. The second-order valence-corrected chi connectivity index (χ2v) is 7.23. The van der Waals surface area contributed by atoms with Gasteiger partial charge < -0.3 is 15.2 Å². The molecule has 0 saturated carbocycles. The van der Waals surface area contributed by atoms with Crippen LogP contribution in [0.5, 0.6) is 5.75 Å². The molecule has 0 aliphatic carbocycles. The van der Waals surface area contributed by atoms with E-state index in [-0.39, 0.29) is 6.42 Å². The Kier molecular flexibility index (Phi) is 7.60. The molecule has 0 aromatic heterocycles. The second-order valence-electron chi connectivity index (χ2n) is 7.23. The number of ether oxygens (including phenoxy) is 1. The van der Waals surface area contributed by atoms with E-state index < -0.39 is 17.9 Å². The number of carboxylic acid groups (broad SMARTS) is 1. The molecular weight excluding hydrogens is 390 g/mol. The normalized spacial score (nSPS) is 11.8.